The number of hydrogen-bond donors (Lipinski definition) is 2. The zero-order valence-corrected chi connectivity index (χ0v) is 11.0. The largest absolute Gasteiger partial charge is 0.481 e. The van der Waals surface area contributed by atoms with Crippen LogP contribution in [-0.4, -0.2) is 37.8 Å². The molecular weight excluding hydrogens is 274 g/mol. The number of fused-ring (bicyclic) bond motifs is 1. The molecule has 0 saturated carbocycles. The Morgan fingerprint density at radius 2 is 2.24 bits per heavy atom. The number of hydrogen-bond acceptors (Lipinski definition) is 6. The summed E-state index contributed by atoms with van der Waals surface area (Å²) in [6.07, 6.45) is 2.93. The third-order valence-electron chi connectivity index (χ3n) is 2.96. The van der Waals surface area contributed by atoms with Gasteiger partial charge in [-0.25, -0.2) is 14.3 Å². The molecule has 0 amide bonds. The summed E-state index contributed by atoms with van der Waals surface area (Å²) >= 11 is 0. The SMILES string of the molecule is COc1ncc(C(=O)O)cc1-c1ccn2nc(N)nc2c1. The van der Waals surface area contributed by atoms with Crippen molar-refractivity contribution in [3.05, 3.63) is 36.2 Å². The lowest BCUT2D eigenvalue weighted by Crippen LogP contribution is -2.00. The molecule has 0 aliphatic rings. The molecule has 3 rings (SSSR count). The zero-order chi connectivity index (χ0) is 15.0. The fourth-order valence-corrected chi connectivity index (χ4v) is 2.00. The third-order valence-corrected chi connectivity index (χ3v) is 2.96. The van der Waals surface area contributed by atoms with Crippen LogP contribution < -0.4 is 10.5 Å². The molecule has 0 spiro atoms. The minimum absolute atomic E-state index is 0.0756. The summed E-state index contributed by atoms with van der Waals surface area (Å²) in [5.41, 5.74) is 7.43. The van der Waals surface area contributed by atoms with E-state index in [0.717, 1.165) is 0 Å². The second kappa shape index (κ2) is 4.75. The van der Waals surface area contributed by atoms with Crippen molar-refractivity contribution in [2.45, 2.75) is 0 Å². The molecule has 0 aromatic carbocycles. The first-order valence-corrected chi connectivity index (χ1v) is 5.98. The first-order valence-electron chi connectivity index (χ1n) is 5.98. The highest BCUT2D eigenvalue weighted by molar-refractivity contribution is 5.89. The molecule has 106 valence electrons. The maximum atomic E-state index is 11.1. The second-order valence-corrected chi connectivity index (χ2v) is 4.27. The number of rotatable bonds is 3. The molecule has 0 aliphatic carbocycles. The van der Waals surface area contributed by atoms with Crippen molar-refractivity contribution in [2.75, 3.05) is 12.8 Å². The molecule has 0 atom stereocenters. The molecule has 0 radical (unpaired) electrons. The smallest absolute Gasteiger partial charge is 0.337 e. The molecule has 8 nitrogen and oxygen atoms in total. The number of methoxy groups -OCH3 is 1. The first-order chi connectivity index (χ1) is 10.1. The molecule has 3 aromatic heterocycles. The van der Waals surface area contributed by atoms with E-state index in [1.807, 2.05) is 0 Å². The number of ether oxygens (including phenoxy) is 1. The Bertz CT molecular complexity index is 843. The van der Waals surface area contributed by atoms with Gasteiger partial charge in [0.1, 0.15) is 0 Å². The highest BCUT2D eigenvalue weighted by Gasteiger charge is 2.13. The van der Waals surface area contributed by atoms with Crippen molar-refractivity contribution in [1.82, 2.24) is 19.6 Å². The number of pyridine rings is 2. The molecule has 3 aromatic rings. The van der Waals surface area contributed by atoms with Gasteiger partial charge in [0.25, 0.3) is 0 Å². The summed E-state index contributed by atoms with van der Waals surface area (Å²) in [4.78, 5) is 19.1. The topological polar surface area (TPSA) is 116 Å². The van der Waals surface area contributed by atoms with E-state index in [-0.39, 0.29) is 11.5 Å². The van der Waals surface area contributed by atoms with Crippen LogP contribution in [0.4, 0.5) is 5.95 Å². The number of carbonyl (C=O) groups is 1. The Morgan fingerprint density at radius 1 is 1.43 bits per heavy atom. The Morgan fingerprint density at radius 3 is 2.95 bits per heavy atom. The van der Waals surface area contributed by atoms with Gasteiger partial charge in [-0.2, -0.15) is 4.98 Å². The predicted molar refractivity (Wildman–Crippen MR) is 74.1 cm³/mol. The van der Waals surface area contributed by atoms with Gasteiger partial charge in [0, 0.05) is 18.0 Å². The number of nitrogen functional groups attached to an aromatic ring is 1. The van der Waals surface area contributed by atoms with Crippen molar-refractivity contribution in [3.63, 3.8) is 0 Å². The Kier molecular flexibility index (Phi) is 2.90. The first kappa shape index (κ1) is 12.9. The number of nitrogens with two attached hydrogens (primary N) is 1. The Hall–Kier alpha value is -3.16. The molecule has 21 heavy (non-hydrogen) atoms. The summed E-state index contributed by atoms with van der Waals surface area (Å²) in [7, 11) is 1.47. The van der Waals surface area contributed by atoms with Gasteiger partial charge < -0.3 is 15.6 Å². The van der Waals surface area contributed by atoms with Gasteiger partial charge in [-0.1, -0.05) is 0 Å². The van der Waals surface area contributed by atoms with Gasteiger partial charge >= 0.3 is 5.97 Å². The fourth-order valence-electron chi connectivity index (χ4n) is 2.00. The molecule has 0 aliphatic heterocycles. The maximum absolute atomic E-state index is 11.1. The van der Waals surface area contributed by atoms with Crippen molar-refractivity contribution in [1.29, 1.82) is 0 Å². The predicted octanol–water partition coefficient (Wildman–Crippen LogP) is 1.08. The molecule has 0 bridgehead atoms. The van der Waals surface area contributed by atoms with E-state index in [1.54, 1.807) is 18.3 Å². The van der Waals surface area contributed by atoms with Crippen LogP contribution in [-0.2, 0) is 0 Å². The van der Waals surface area contributed by atoms with Crippen LogP contribution in [0.15, 0.2) is 30.6 Å². The lowest BCUT2D eigenvalue weighted by molar-refractivity contribution is 0.0696. The van der Waals surface area contributed by atoms with Crippen molar-refractivity contribution < 1.29 is 14.6 Å². The Labute approximate surface area is 118 Å². The molecule has 3 heterocycles. The number of aromatic nitrogens is 4. The molecule has 8 heteroatoms. The summed E-state index contributed by atoms with van der Waals surface area (Å²) < 4.78 is 6.71. The van der Waals surface area contributed by atoms with Gasteiger partial charge in [0.2, 0.25) is 11.8 Å². The van der Waals surface area contributed by atoms with Crippen molar-refractivity contribution in [3.8, 4) is 17.0 Å². The number of carboxylic acid groups (broad SMARTS) is 1. The van der Waals surface area contributed by atoms with Crippen LogP contribution in [0.2, 0.25) is 0 Å². The molecular formula is C13H11N5O3. The number of aromatic carboxylic acids is 1. The van der Waals surface area contributed by atoms with Crippen LogP contribution in [0.1, 0.15) is 10.4 Å². The van der Waals surface area contributed by atoms with Crippen molar-refractivity contribution >= 4 is 17.6 Å². The zero-order valence-electron chi connectivity index (χ0n) is 11.0. The van der Waals surface area contributed by atoms with Crippen LogP contribution in [0, 0.1) is 0 Å². The minimum atomic E-state index is -1.06. The summed E-state index contributed by atoms with van der Waals surface area (Å²) in [6.45, 7) is 0. The van der Waals surface area contributed by atoms with E-state index in [0.29, 0.717) is 22.7 Å². The van der Waals surface area contributed by atoms with E-state index in [1.165, 1.54) is 23.9 Å². The average Bonchev–Trinajstić information content (AvgIpc) is 2.85. The summed E-state index contributed by atoms with van der Waals surface area (Å²) in [5, 5.41) is 13.0. The van der Waals surface area contributed by atoms with E-state index in [2.05, 4.69) is 15.1 Å². The van der Waals surface area contributed by atoms with Crippen LogP contribution in [0.5, 0.6) is 5.88 Å². The lowest BCUT2D eigenvalue weighted by Gasteiger charge is -2.08. The molecule has 0 fully saturated rings. The van der Waals surface area contributed by atoms with Crippen LogP contribution >= 0.6 is 0 Å². The average molecular weight is 285 g/mol. The van der Waals surface area contributed by atoms with E-state index in [9.17, 15) is 4.79 Å². The van der Waals surface area contributed by atoms with E-state index in [4.69, 9.17) is 15.6 Å². The lowest BCUT2D eigenvalue weighted by atomic mass is 10.1. The van der Waals surface area contributed by atoms with Gasteiger partial charge in [-0.15, -0.1) is 5.10 Å². The number of anilines is 1. The number of carboxylic acids is 1. The van der Waals surface area contributed by atoms with E-state index < -0.39 is 5.97 Å². The highest BCUT2D eigenvalue weighted by atomic mass is 16.5. The second-order valence-electron chi connectivity index (χ2n) is 4.27. The van der Waals surface area contributed by atoms with E-state index >= 15 is 0 Å². The molecule has 0 unspecified atom stereocenters. The van der Waals surface area contributed by atoms with Gasteiger partial charge in [-0.05, 0) is 23.8 Å². The van der Waals surface area contributed by atoms with Crippen molar-refractivity contribution in [2.24, 2.45) is 0 Å². The van der Waals surface area contributed by atoms with Gasteiger partial charge in [-0.3, -0.25) is 0 Å². The van der Waals surface area contributed by atoms with Crippen LogP contribution in [0.3, 0.4) is 0 Å². The highest BCUT2D eigenvalue weighted by Crippen LogP contribution is 2.29. The monoisotopic (exact) mass is 285 g/mol. The molecule has 0 saturated heterocycles. The molecule has 3 N–H and O–H groups in total. The summed E-state index contributed by atoms with van der Waals surface area (Å²) in [6, 6.07) is 4.99. The number of nitrogens with zero attached hydrogens (tertiary/aromatic N) is 4. The summed E-state index contributed by atoms with van der Waals surface area (Å²) in [5.74, 6) is -0.562. The standard InChI is InChI=1S/C13H11N5O3/c1-21-11-9(4-8(6-15-11)12(19)20)7-2-3-18-10(5-7)16-13(14)17-18/h2-6H,1H3,(H2,14,17)(H,19,20). The Balaban J connectivity index is 2.19. The van der Waals surface area contributed by atoms with Gasteiger partial charge in [0.05, 0.1) is 12.7 Å². The third kappa shape index (κ3) is 2.22. The maximum Gasteiger partial charge on any atom is 0.337 e. The van der Waals surface area contributed by atoms with Crippen LogP contribution in [0.25, 0.3) is 16.8 Å². The fraction of sp³-hybridized carbons (Fsp3) is 0.0769. The normalized spacial score (nSPS) is 10.7. The minimum Gasteiger partial charge on any atom is -0.481 e. The quantitative estimate of drug-likeness (QED) is 0.739. The van der Waals surface area contributed by atoms with Gasteiger partial charge in [0.15, 0.2) is 5.65 Å².